The Labute approximate surface area is 131 Å². The largest absolute Gasteiger partial charge is 0.382 e. The van der Waals surface area contributed by atoms with Gasteiger partial charge < -0.3 is 15.4 Å². The molecule has 21 heavy (non-hydrogen) atoms. The molecule has 0 aromatic heterocycles. The summed E-state index contributed by atoms with van der Waals surface area (Å²) in [6.45, 7) is 11.0. The Balaban J connectivity index is 2.27. The van der Waals surface area contributed by atoms with E-state index in [1.807, 2.05) is 0 Å². The molecule has 4 nitrogen and oxygen atoms in total. The zero-order valence-electron chi connectivity index (χ0n) is 14.3. The maximum atomic E-state index is 5.49. The molecule has 0 aromatic rings. The predicted molar refractivity (Wildman–Crippen MR) is 90.9 cm³/mol. The number of ether oxygens (including phenoxy) is 1. The van der Waals surface area contributed by atoms with Crippen molar-refractivity contribution >= 4 is 5.96 Å². The van der Waals surface area contributed by atoms with Gasteiger partial charge in [0.1, 0.15) is 0 Å². The van der Waals surface area contributed by atoms with Crippen molar-refractivity contribution in [2.75, 3.05) is 32.8 Å². The molecule has 0 saturated heterocycles. The van der Waals surface area contributed by atoms with E-state index in [4.69, 9.17) is 9.73 Å². The summed E-state index contributed by atoms with van der Waals surface area (Å²) in [4.78, 5) is 4.78. The lowest BCUT2D eigenvalue weighted by Gasteiger charge is -2.15. The zero-order valence-corrected chi connectivity index (χ0v) is 14.3. The number of unbranched alkanes of at least 4 members (excludes halogenated alkanes) is 3. The summed E-state index contributed by atoms with van der Waals surface area (Å²) in [5.74, 6) is 0.983. The van der Waals surface area contributed by atoms with Gasteiger partial charge in [0.25, 0.3) is 0 Å². The monoisotopic (exact) mass is 297 g/mol. The van der Waals surface area contributed by atoms with E-state index in [9.17, 15) is 0 Å². The van der Waals surface area contributed by atoms with E-state index in [0.717, 1.165) is 45.2 Å². The highest BCUT2D eigenvalue weighted by Gasteiger charge is 2.41. The Morgan fingerprint density at radius 1 is 1.10 bits per heavy atom. The van der Waals surface area contributed by atoms with E-state index in [2.05, 4.69) is 31.4 Å². The summed E-state index contributed by atoms with van der Waals surface area (Å²) in [5.41, 5.74) is 0.430. The molecule has 1 saturated carbocycles. The Bertz CT molecular complexity index is 288. The molecular weight excluding hydrogens is 262 g/mol. The van der Waals surface area contributed by atoms with Crippen LogP contribution in [0.15, 0.2) is 4.99 Å². The first-order chi connectivity index (χ1) is 10.3. The van der Waals surface area contributed by atoms with Crippen molar-refractivity contribution in [3.05, 3.63) is 0 Å². The summed E-state index contributed by atoms with van der Waals surface area (Å²) >= 11 is 0. The molecule has 2 N–H and O–H groups in total. The minimum atomic E-state index is 0.430. The first-order valence-corrected chi connectivity index (χ1v) is 8.86. The molecule has 1 rings (SSSR count). The van der Waals surface area contributed by atoms with Gasteiger partial charge in [0.05, 0.1) is 0 Å². The molecule has 1 aliphatic carbocycles. The third-order valence-electron chi connectivity index (χ3n) is 4.18. The van der Waals surface area contributed by atoms with E-state index in [1.54, 1.807) is 0 Å². The van der Waals surface area contributed by atoms with Crippen molar-refractivity contribution in [1.29, 1.82) is 0 Å². The smallest absolute Gasteiger partial charge is 0.191 e. The van der Waals surface area contributed by atoms with Gasteiger partial charge in [-0.1, -0.05) is 26.2 Å². The van der Waals surface area contributed by atoms with Gasteiger partial charge >= 0.3 is 0 Å². The predicted octanol–water partition coefficient (Wildman–Crippen LogP) is 3.33. The van der Waals surface area contributed by atoms with Gasteiger partial charge in [-0.25, -0.2) is 0 Å². The Hall–Kier alpha value is -0.770. The number of guanidine groups is 1. The molecule has 0 heterocycles. The topological polar surface area (TPSA) is 45.7 Å². The first kappa shape index (κ1) is 18.3. The van der Waals surface area contributed by atoms with Crippen LogP contribution in [-0.4, -0.2) is 38.8 Å². The highest BCUT2D eigenvalue weighted by Crippen LogP contribution is 2.48. The summed E-state index contributed by atoms with van der Waals surface area (Å²) in [5, 5.41) is 6.80. The van der Waals surface area contributed by atoms with Crippen LogP contribution >= 0.6 is 0 Å². The second kappa shape index (κ2) is 10.9. The molecule has 124 valence electrons. The van der Waals surface area contributed by atoms with Crippen molar-refractivity contribution < 1.29 is 4.74 Å². The number of nitrogens with one attached hydrogen (secondary N) is 2. The standard InChI is InChI=1S/C17H35N3O/c1-4-7-8-9-13-19-16(18-5-2)20-15-17(10-11-17)12-14-21-6-3/h4-15H2,1-3H3,(H2,18,19,20). The Morgan fingerprint density at radius 2 is 1.90 bits per heavy atom. The van der Waals surface area contributed by atoms with Crippen LogP contribution in [0.5, 0.6) is 0 Å². The Morgan fingerprint density at radius 3 is 2.52 bits per heavy atom. The van der Waals surface area contributed by atoms with Crippen molar-refractivity contribution in [1.82, 2.24) is 10.6 Å². The fraction of sp³-hybridized carbons (Fsp3) is 0.941. The third kappa shape index (κ3) is 8.30. The average molecular weight is 297 g/mol. The lowest BCUT2D eigenvalue weighted by Crippen LogP contribution is -2.38. The molecule has 0 atom stereocenters. The van der Waals surface area contributed by atoms with Gasteiger partial charge in [-0.05, 0) is 44.9 Å². The van der Waals surface area contributed by atoms with Crippen LogP contribution in [0.4, 0.5) is 0 Å². The number of aliphatic imine (C=N–C) groups is 1. The van der Waals surface area contributed by atoms with Gasteiger partial charge in [0.2, 0.25) is 0 Å². The average Bonchev–Trinajstić information content (AvgIpc) is 3.25. The quantitative estimate of drug-likeness (QED) is 0.330. The van der Waals surface area contributed by atoms with Gasteiger partial charge in [0.15, 0.2) is 5.96 Å². The second-order valence-corrected chi connectivity index (χ2v) is 6.13. The lowest BCUT2D eigenvalue weighted by atomic mass is 10.0. The fourth-order valence-corrected chi connectivity index (χ4v) is 2.44. The number of hydrogen-bond acceptors (Lipinski definition) is 2. The fourth-order valence-electron chi connectivity index (χ4n) is 2.44. The molecule has 1 aliphatic rings. The van der Waals surface area contributed by atoms with Crippen molar-refractivity contribution in [3.8, 4) is 0 Å². The maximum Gasteiger partial charge on any atom is 0.191 e. The molecule has 1 fully saturated rings. The molecule has 0 aromatic carbocycles. The van der Waals surface area contributed by atoms with Gasteiger partial charge in [-0.2, -0.15) is 0 Å². The van der Waals surface area contributed by atoms with Crippen LogP contribution in [0.3, 0.4) is 0 Å². The third-order valence-corrected chi connectivity index (χ3v) is 4.18. The molecule has 0 amide bonds. The second-order valence-electron chi connectivity index (χ2n) is 6.13. The van der Waals surface area contributed by atoms with Gasteiger partial charge in [-0.3, -0.25) is 4.99 Å². The summed E-state index contributed by atoms with van der Waals surface area (Å²) < 4.78 is 5.49. The normalized spacial score (nSPS) is 16.8. The molecule has 0 radical (unpaired) electrons. The van der Waals surface area contributed by atoms with Gasteiger partial charge in [0, 0.05) is 32.8 Å². The number of nitrogens with zero attached hydrogens (tertiary/aromatic N) is 1. The number of rotatable bonds is 12. The van der Waals surface area contributed by atoms with Crippen molar-refractivity contribution in [2.45, 2.75) is 65.7 Å². The van der Waals surface area contributed by atoms with E-state index in [1.165, 1.54) is 38.5 Å². The molecule has 0 aliphatic heterocycles. The first-order valence-electron chi connectivity index (χ1n) is 8.86. The molecule has 0 spiro atoms. The van der Waals surface area contributed by atoms with E-state index in [0.29, 0.717) is 5.41 Å². The maximum absolute atomic E-state index is 5.49. The summed E-state index contributed by atoms with van der Waals surface area (Å²) in [6.07, 6.45) is 8.92. The highest BCUT2D eigenvalue weighted by atomic mass is 16.5. The molecular formula is C17H35N3O. The molecule has 0 unspecified atom stereocenters. The SMILES string of the molecule is CCCCCCNC(=NCC1(CCOCC)CC1)NCC. The van der Waals surface area contributed by atoms with Crippen LogP contribution < -0.4 is 10.6 Å². The lowest BCUT2D eigenvalue weighted by molar-refractivity contribution is 0.129. The van der Waals surface area contributed by atoms with Crippen LogP contribution in [0.1, 0.15) is 65.7 Å². The minimum Gasteiger partial charge on any atom is -0.382 e. The minimum absolute atomic E-state index is 0.430. The zero-order chi connectivity index (χ0) is 15.4. The van der Waals surface area contributed by atoms with Crippen molar-refractivity contribution in [3.63, 3.8) is 0 Å². The van der Waals surface area contributed by atoms with E-state index in [-0.39, 0.29) is 0 Å². The van der Waals surface area contributed by atoms with Gasteiger partial charge in [-0.15, -0.1) is 0 Å². The molecule has 0 bridgehead atoms. The van der Waals surface area contributed by atoms with Crippen molar-refractivity contribution in [2.24, 2.45) is 10.4 Å². The van der Waals surface area contributed by atoms with E-state index < -0.39 is 0 Å². The molecule has 4 heteroatoms. The van der Waals surface area contributed by atoms with Crippen LogP contribution in [0, 0.1) is 5.41 Å². The summed E-state index contributed by atoms with van der Waals surface area (Å²) in [7, 11) is 0. The van der Waals surface area contributed by atoms with Crippen LogP contribution in [0.25, 0.3) is 0 Å². The highest BCUT2D eigenvalue weighted by molar-refractivity contribution is 5.79. The number of hydrogen-bond donors (Lipinski definition) is 2. The Kier molecular flexibility index (Phi) is 9.48. The summed E-state index contributed by atoms with van der Waals surface area (Å²) in [6, 6.07) is 0. The van der Waals surface area contributed by atoms with E-state index >= 15 is 0 Å². The van der Waals surface area contributed by atoms with Crippen LogP contribution in [0.2, 0.25) is 0 Å². The van der Waals surface area contributed by atoms with Crippen LogP contribution in [-0.2, 0) is 4.74 Å².